The Balaban J connectivity index is 1.82. The number of hydrogen-bond donors (Lipinski definition) is 2. The van der Waals surface area contributed by atoms with Crippen molar-refractivity contribution in [1.29, 1.82) is 0 Å². The first-order chi connectivity index (χ1) is 10.1. The van der Waals surface area contributed by atoms with Gasteiger partial charge >= 0.3 is 0 Å². The Morgan fingerprint density at radius 2 is 2.00 bits per heavy atom. The molecular weight excluding hydrogens is 268 g/mol. The number of para-hydroxylation sites is 1. The summed E-state index contributed by atoms with van der Waals surface area (Å²) in [5.74, 6) is -0.315. The van der Waals surface area contributed by atoms with E-state index in [0.29, 0.717) is 5.69 Å². The van der Waals surface area contributed by atoms with Crippen LogP contribution in [0.25, 0.3) is 5.69 Å². The summed E-state index contributed by atoms with van der Waals surface area (Å²) in [5, 5.41) is 17.9. The van der Waals surface area contributed by atoms with Crippen LogP contribution in [0.3, 0.4) is 0 Å². The smallest absolute Gasteiger partial charge is 0.277 e. The van der Waals surface area contributed by atoms with Gasteiger partial charge in [-0.25, -0.2) is 0 Å². The third kappa shape index (κ3) is 2.53. The average Bonchev–Trinajstić information content (AvgIpc) is 3.11. The monoisotopic (exact) mass is 282 g/mol. The van der Waals surface area contributed by atoms with E-state index in [0.717, 1.165) is 17.1 Å². The molecule has 0 aliphatic carbocycles. The molecule has 2 heterocycles. The number of anilines is 1. The fraction of sp³-hybridized carbons (Fsp3) is 0.143. The highest BCUT2D eigenvalue weighted by atomic mass is 16.2. The highest BCUT2D eigenvalue weighted by molar-refractivity contribution is 6.03. The molecule has 0 aliphatic rings. The van der Waals surface area contributed by atoms with Crippen LogP contribution in [0.2, 0.25) is 0 Å². The van der Waals surface area contributed by atoms with Crippen LogP contribution in [0, 0.1) is 13.8 Å². The van der Waals surface area contributed by atoms with E-state index < -0.39 is 0 Å². The maximum atomic E-state index is 12.2. The molecular formula is C14H14N6O. The van der Waals surface area contributed by atoms with Crippen molar-refractivity contribution in [2.75, 3.05) is 5.32 Å². The molecule has 3 aromatic rings. The van der Waals surface area contributed by atoms with Crippen LogP contribution in [0.5, 0.6) is 0 Å². The minimum Gasteiger partial charge on any atom is -0.317 e. The van der Waals surface area contributed by atoms with Crippen molar-refractivity contribution in [1.82, 2.24) is 25.2 Å². The number of nitrogens with zero attached hydrogens (tertiary/aromatic N) is 4. The zero-order chi connectivity index (χ0) is 14.8. The maximum Gasteiger partial charge on any atom is 0.277 e. The molecule has 0 bridgehead atoms. The summed E-state index contributed by atoms with van der Waals surface area (Å²) < 4.78 is 0. The van der Waals surface area contributed by atoms with Crippen LogP contribution < -0.4 is 5.32 Å². The minimum atomic E-state index is -0.315. The van der Waals surface area contributed by atoms with Crippen LogP contribution in [0.1, 0.15) is 21.9 Å². The van der Waals surface area contributed by atoms with Crippen LogP contribution in [-0.4, -0.2) is 31.1 Å². The van der Waals surface area contributed by atoms with Crippen molar-refractivity contribution in [3.8, 4) is 5.69 Å². The van der Waals surface area contributed by atoms with Gasteiger partial charge in [0.05, 0.1) is 29.0 Å². The van der Waals surface area contributed by atoms with Crippen molar-refractivity contribution < 1.29 is 4.79 Å². The molecule has 0 saturated heterocycles. The molecule has 1 aromatic carbocycles. The molecule has 0 spiro atoms. The largest absolute Gasteiger partial charge is 0.317 e. The van der Waals surface area contributed by atoms with Gasteiger partial charge in [0.25, 0.3) is 5.91 Å². The van der Waals surface area contributed by atoms with Gasteiger partial charge in [-0.2, -0.15) is 15.0 Å². The molecule has 0 radical (unpaired) electrons. The number of benzene rings is 1. The Kier molecular flexibility index (Phi) is 3.23. The summed E-state index contributed by atoms with van der Waals surface area (Å²) in [6.07, 6.45) is 1.44. The first-order valence-corrected chi connectivity index (χ1v) is 6.46. The highest BCUT2D eigenvalue weighted by Gasteiger charge is 2.15. The number of aryl methyl sites for hydroxylation is 2. The third-order valence-electron chi connectivity index (χ3n) is 3.08. The molecule has 0 aliphatic heterocycles. The Morgan fingerprint density at radius 1 is 1.24 bits per heavy atom. The predicted molar refractivity (Wildman–Crippen MR) is 77.4 cm³/mol. The summed E-state index contributed by atoms with van der Waals surface area (Å²) in [6, 6.07) is 9.41. The molecule has 1 amide bonds. The molecule has 21 heavy (non-hydrogen) atoms. The molecule has 106 valence electrons. The lowest BCUT2D eigenvalue weighted by atomic mass is 10.3. The number of nitrogens with one attached hydrogen (secondary N) is 2. The number of hydrogen-bond acceptors (Lipinski definition) is 4. The van der Waals surface area contributed by atoms with Gasteiger partial charge in [0.1, 0.15) is 0 Å². The standard InChI is InChI=1S/C14H14N6O/c1-9-13(10(2)18-17-9)16-14(21)12-8-15-20(19-12)11-6-4-3-5-7-11/h3-8H,1-2H3,(H,16,21)(H,17,18). The number of aromatic amines is 1. The summed E-state index contributed by atoms with van der Waals surface area (Å²) in [5.41, 5.74) is 3.26. The SMILES string of the molecule is Cc1n[nH]c(C)c1NC(=O)c1cnn(-c2ccccc2)n1. The lowest BCUT2D eigenvalue weighted by molar-refractivity contribution is 0.102. The van der Waals surface area contributed by atoms with E-state index in [-0.39, 0.29) is 11.6 Å². The van der Waals surface area contributed by atoms with Crippen molar-refractivity contribution in [3.05, 3.63) is 53.6 Å². The summed E-state index contributed by atoms with van der Waals surface area (Å²) in [6.45, 7) is 3.66. The second-order valence-electron chi connectivity index (χ2n) is 4.62. The molecule has 0 unspecified atom stereocenters. The van der Waals surface area contributed by atoms with E-state index in [2.05, 4.69) is 25.7 Å². The zero-order valence-corrected chi connectivity index (χ0v) is 11.7. The van der Waals surface area contributed by atoms with Gasteiger partial charge < -0.3 is 5.32 Å². The maximum absolute atomic E-state index is 12.2. The normalized spacial score (nSPS) is 10.6. The Hall–Kier alpha value is -2.96. The third-order valence-corrected chi connectivity index (χ3v) is 3.08. The first-order valence-electron chi connectivity index (χ1n) is 6.46. The molecule has 2 N–H and O–H groups in total. The van der Waals surface area contributed by atoms with Gasteiger partial charge in [-0.05, 0) is 26.0 Å². The number of carbonyl (C=O) groups excluding carboxylic acids is 1. The number of H-pyrrole nitrogens is 1. The predicted octanol–water partition coefficient (Wildman–Crippen LogP) is 1.86. The van der Waals surface area contributed by atoms with E-state index >= 15 is 0 Å². The van der Waals surface area contributed by atoms with Crippen LogP contribution in [0.15, 0.2) is 36.5 Å². The highest BCUT2D eigenvalue weighted by Crippen LogP contribution is 2.16. The molecule has 0 fully saturated rings. The minimum absolute atomic E-state index is 0.249. The van der Waals surface area contributed by atoms with Gasteiger partial charge in [-0.15, -0.1) is 5.10 Å². The topological polar surface area (TPSA) is 88.5 Å². The molecule has 7 heteroatoms. The number of aromatic nitrogens is 5. The second kappa shape index (κ2) is 5.20. The number of amides is 1. The van der Waals surface area contributed by atoms with E-state index in [1.807, 2.05) is 44.2 Å². The molecule has 0 saturated carbocycles. The van der Waals surface area contributed by atoms with Gasteiger partial charge in [-0.1, -0.05) is 18.2 Å². The van der Waals surface area contributed by atoms with E-state index in [9.17, 15) is 4.79 Å². The summed E-state index contributed by atoms with van der Waals surface area (Å²) in [7, 11) is 0. The van der Waals surface area contributed by atoms with Gasteiger partial charge in [0.15, 0.2) is 5.69 Å². The van der Waals surface area contributed by atoms with Crippen LogP contribution in [-0.2, 0) is 0 Å². The first kappa shape index (κ1) is 13.0. The van der Waals surface area contributed by atoms with Gasteiger partial charge in [0.2, 0.25) is 0 Å². The zero-order valence-electron chi connectivity index (χ0n) is 11.7. The Bertz CT molecular complexity index is 754. The molecule has 7 nitrogen and oxygen atoms in total. The summed E-state index contributed by atoms with van der Waals surface area (Å²) >= 11 is 0. The van der Waals surface area contributed by atoms with Crippen molar-refractivity contribution in [2.24, 2.45) is 0 Å². The fourth-order valence-corrected chi connectivity index (χ4v) is 1.97. The van der Waals surface area contributed by atoms with Crippen molar-refractivity contribution in [2.45, 2.75) is 13.8 Å². The molecule has 0 atom stereocenters. The quantitative estimate of drug-likeness (QED) is 0.767. The lowest BCUT2D eigenvalue weighted by Crippen LogP contribution is -2.14. The van der Waals surface area contributed by atoms with Gasteiger partial charge in [-0.3, -0.25) is 9.89 Å². The summed E-state index contributed by atoms with van der Waals surface area (Å²) in [4.78, 5) is 13.6. The number of rotatable bonds is 3. The van der Waals surface area contributed by atoms with Crippen LogP contribution >= 0.6 is 0 Å². The van der Waals surface area contributed by atoms with Gasteiger partial charge in [0, 0.05) is 0 Å². The molecule has 2 aromatic heterocycles. The van der Waals surface area contributed by atoms with E-state index in [1.54, 1.807) is 0 Å². The van der Waals surface area contributed by atoms with Crippen molar-refractivity contribution >= 4 is 11.6 Å². The lowest BCUT2D eigenvalue weighted by Gasteiger charge is -2.02. The van der Waals surface area contributed by atoms with E-state index in [1.165, 1.54) is 11.0 Å². The fourth-order valence-electron chi connectivity index (χ4n) is 1.97. The van der Waals surface area contributed by atoms with Crippen molar-refractivity contribution in [3.63, 3.8) is 0 Å². The Labute approximate surface area is 121 Å². The molecule has 3 rings (SSSR count). The second-order valence-corrected chi connectivity index (χ2v) is 4.62. The Morgan fingerprint density at radius 3 is 2.67 bits per heavy atom. The average molecular weight is 282 g/mol. The van der Waals surface area contributed by atoms with Crippen LogP contribution in [0.4, 0.5) is 5.69 Å². The van der Waals surface area contributed by atoms with E-state index in [4.69, 9.17) is 0 Å². The number of carbonyl (C=O) groups is 1.